The minimum Gasteiger partial charge on any atom is -0.496 e. The van der Waals surface area contributed by atoms with Crippen LogP contribution in [0.1, 0.15) is 35.3 Å². The molecule has 0 aliphatic heterocycles. The van der Waals surface area contributed by atoms with Crippen LogP contribution in [0.5, 0.6) is 5.75 Å². The Balaban J connectivity index is 1.90. The van der Waals surface area contributed by atoms with E-state index in [2.05, 4.69) is 27.0 Å². The number of rotatable bonds is 3. The van der Waals surface area contributed by atoms with Crippen molar-refractivity contribution in [2.75, 3.05) is 7.11 Å². The summed E-state index contributed by atoms with van der Waals surface area (Å²) in [5, 5.41) is 10.7. The zero-order chi connectivity index (χ0) is 14.1. The molecule has 0 spiro atoms. The molecule has 3 nitrogen and oxygen atoms in total. The fourth-order valence-electron chi connectivity index (χ4n) is 2.85. The van der Waals surface area contributed by atoms with Crippen molar-refractivity contribution in [1.82, 2.24) is 4.98 Å². The van der Waals surface area contributed by atoms with Gasteiger partial charge in [0, 0.05) is 17.8 Å². The molecule has 2 atom stereocenters. The van der Waals surface area contributed by atoms with Crippen molar-refractivity contribution >= 4 is 15.9 Å². The van der Waals surface area contributed by atoms with Crippen LogP contribution in [0.4, 0.5) is 0 Å². The highest BCUT2D eigenvalue weighted by atomic mass is 79.9. The first-order valence-electron chi connectivity index (χ1n) is 6.66. The lowest BCUT2D eigenvalue weighted by Gasteiger charge is -2.19. The van der Waals surface area contributed by atoms with Gasteiger partial charge in [-0.25, -0.2) is 0 Å². The molecule has 3 rings (SSSR count). The van der Waals surface area contributed by atoms with Crippen molar-refractivity contribution in [2.45, 2.75) is 24.9 Å². The molecule has 4 heteroatoms. The third-order valence-electron chi connectivity index (χ3n) is 3.90. The molecule has 2 aromatic rings. The number of fused-ring (bicyclic) bond motifs is 1. The molecule has 1 N–H and O–H groups in total. The molecule has 1 aliphatic rings. The van der Waals surface area contributed by atoms with Gasteiger partial charge in [0.2, 0.25) is 0 Å². The van der Waals surface area contributed by atoms with Crippen molar-refractivity contribution in [3.8, 4) is 5.75 Å². The maximum atomic E-state index is 10.7. The smallest absolute Gasteiger partial charge is 0.133 e. The summed E-state index contributed by atoms with van der Waals surface area (Å²) < 4.78 is 6.08. The van der Waals surface area contributed by atoms with E-state index in [1.54, 1.807) is 13.3 Å². The van der Waals surface area contributed by atoms with Crippen LogP contribution in [-0.2, 0) is 6.42 Å². The molecule has 0 fully saturated rings. The first kappa shape index (κ1) is 13.6. The fourth-order valence-corrected chi connectivity index (χ4v) is 3.41. The number of methoxy groups -OCH3 is 1. The van der Waals surface area contributed by atoms with Gasteiger partial charge in [-0.15, -0.1) is 0 Å². The van der Waals surface area contributed by atoms with Crippen molar-refractivity contribution in [3.05, 3.63) is 57.8 Å². The molecule has 0 saturated carbocycles. The SMILES string of the molecule is COc1ccc(C(O)C2CCc3cccnc32)cc1Br. The lowest BCUT2D eigenvalue weighted by molar-refractivity contribution is 0.143. The van der Waals surface area contributed by atoms with Crippen LogP contribution in [0.2, 0.25) is 0 Å². The van der Waals surface area contributed by atoms with Gasteiger partial charge in [-0.05, 0) is 58.1 Å². The zero-order valence-corrected chi connectivity index (χ0v) is 12.8. The predicted octanol–water partition coefficient (Wildman–Crippen LogP) is 3.62. The Morgan fingerprint density at radius 2 is 2.25 bits per heavy atom. The third-order valence-corrected chi connectivity index (χ3v) is 4.52. The summed E-state index contributed by atoms with van der Waals surface area (Å²) in [6.45, 7) is 0. The average molecular weight is 334 g/mol. The van der Waals surface area contributed by atoms with Gasteiger partial charge in [0.15, 0.2) is 0 Å². The summed E-state index contributed by atoms with van der Waals surface area (Å²) in [4.78, 5) is 4.45. The number of nitrogens with zero attached hydrogens (tertiary/aromatic N) is 1. The van der Waals surface area contributed by atoms with Crippen LogP contribution in [0.25, 0.3) is 0 Å². The van der Waals surface area contributed by atoms with Crippen LogP contribution in [0, 0.1) is 0 Å². The molecule has 1 aromatic carbocycles. The van der Waals surface area contributed by atoms with E-state index in [0.717, 1.165) is 34.3 Å². The van der Waals surface area contributed by atoms with Gasteiger partial charge in [-0.3, -0.25) is 4.98 Å². The Morgan fingerprint density at radius 1 is 1.40 bits per heavy atom. The largest absolute Gasteiger partial charge is 0.496 e. The Hall–Kier alpha value is -1.39. The first-order chi connectivity index (χ1) is 9.70. The van der Waals surface area contributed by atoms with E-state index in [1.807, 2.05) is 24.3 Å². The van der Waals surface area contributed by atoms with Gasteiger partial charge in [0.05, 0.1) is 17.7 Å². The summed E-state index contributed by atoms with van der Waals surface area (Å²) in [7, 11) is 1.63. The number of pyridine rings is 1. The highest BCUT2D eigenvalue weighted by molar-refractivity contribution is 9.10. The molecule has 1 aromatic heterocycles. The normalized spacial score (nSPS) is 18.6. The van der Waals surface area contributed by atoms with Crippen molar-refractivity contribution in [3.63, 3.8) is 0 Å². The van der Waals surface area contributed by atoms with E-state index in [0.29, 0.717) is 0 Å². The van der Waals surface area contributed by atoms with Crippen LogP contribution in [0.15, 0.2) is 41.0 Å². The lowest BCUT2D eigenvalue weighted by atomic mass is 9.93. The molecule has 0 bridgehead atoms. The van der Waals surface area contributed by atoms with Crippen molar-refractivity contribution in [1.29, 1.82) is 0 Å². The van der Waals surface area contributed by atoms with E-state index in [9.17, 15) is 5.11 Å². The first-order valence-corrected chi connectivity index (χ1v) is 7.45. The molecule has 20 heavy (non-hydrogen) atoms. The van der Waals surface area contributed by atoms with Gasteiger partial charge >= 0.3 is 0 Å². The van der Waals surface area contributed by atoms with Crippen LogP contribution in [0.3, 0.4) is 0 Å². The van der Waals surface area contributed by atoms with E-state index >= 15 is 0 Å². The number of aliphatic hydroxyl groups excluding tert-OH is 1. The van der Waals surface area contributed by atoms with Crippen LogP contribution in [-0.4, -0.2) is 17.2 Å². The summed E-state index contributed by atoms with van der Waals surface area (Å²) in [6, 6.07) is 9.76. The summed E-state index contributed by atoms with van der Waals surface area (Å²) in [6.07, 6.45) is 3.20. The summed E-state index contributed by atoms with van der Waals surface area (Å²) in [5.74, 6) is 0.845. The van der Waals surface area contributed by atoms with Crippen molar-refractivity contribution < 1.29 is 9.84 Å². The Labute approximate surface area is 126 Å². The monoisotopic (exact) mass is 333 g/mol. The quantitative estimate of drug-likeness (QED) is 0.932. The molecule has 0 radical (unpaired) electrons. The van der Waals surface area contributed by atoms with E-state index < -0.39 is 6.10 Å². The number of aliphatic hydroxyl groups is 1. The van der Waals surface area contributed by atoms with E-state index in [1.165, 1.54) is 5.56 Å². The number of benzene rings is 1. The van der Waals surface area contributed by atoms with Crippen molar-refractivity contribution in [2.24, 2.45) is 0 Å². The molecule has 0 saturated heterocycles. The standard InChI is InChI=1S/C16H16BrNO2/c1-20-14-7-5-11(9-13(14)17)16(19)12-6-4-10-3-2-8-18-15(10)12/h2-3,5,7-9,12,16,19H,4,6H2,1H3. The number of halogens is 1. The highest BCUT2D eigenvalue weighted by Gasteiger charge is 2.30. The predicted molar refractivity (Wildman–Crippen MR) is 81.0 cm³/mol. The molecule has 0 amide bonds. The lowest BCUT2D eigenvalue weighted by Crippen LogP contribution is -2.09. The molecule has 1 heterocycles. The van der Waals surface area contributed by atoms with Gasteiger partial charge in [-0.2, -0.15) is 0 Å². The summed E-state index contributed by atoms with van der Waals surface area (Å²) >= 11 is 3.46. The Kier molecular flexibility index (Phi) is 3.76. The van der Waals surface area contributed by atoms with Gasteiger partial charge in [-0.1, -0.05) is 12.1 Å². The Bertz CT molecular complexity index is 630. The fraction of sp³-hybridized carbons (Fsp3) is 0.312. The third kappa shape index (κ3) is 2.34. The number of aromatic nitrogens is 1. The van der Waals surface area contributed by atoms with E-state index in [-0.39, 0.29) is 5.92 Å². The van der Waals surface area contributed by atoms with Crippen LogP contribution < -0.4 is 4.74 Å². The number of aryl methyl sites for hydroxylation is 1. The number of hydrogen-bond donors (Lipinski definition) is 1. The molecule has 2 unspecified atom stereocenters. The van der Waals surface area contributed by atoms with Gasteiger partial charge < -0.3 is 9.84 Å². The topological polar surface area (TPSA) is 42.4 Å². The summed E-state index contributed by atoms with van der Waals surface area (Å²) in [5.41, 5.74) is 3.18. The molecular formula is C16H16BrNO2. The van der Waals surface area contributed by atoms with Gasteiger partial charge in [0.1, 0.15) is 5.75 Å². The second kappa shape index (κ2) is 5.54. The number of ether oxygens (including phenoxy) is 1. The molecule has 104 valence electrons. The average Bonchev–Trinajstić information content (AvgIpc) is 2.90. The molecular weight excluding hydrogens is 318 g/mol. The molecule has 1 aliphatic carbocycles. The van der Waals surface area contributed by atoms with E-state index in [4.69, 9.17) is 4.74 Å². The van der Waals surface area contributed by atoms with Gasteiger partial charge in [0.25, 0.3) is 0 Å². The zero-order valence-electron chi connectivity index (χ0n) is 11.2. The minimum atomic E-state index is -0.534. The minimum absolute atomic E-state index is 0.0755. The second-order valence-electron chi connectivity index (χ2n) is 5.03. The van der Waals surface area contributed by atoms with Crippen LogP contribution >= 0.6 is 15.9 Å². The maximum Gasteiger partial charge on any atom is 0.133 e. The Morgan fingerprint density at radius 3 is 3.00 bits per heavy atom. The maximum absolute atomic E-state index is 10.7. The second-order valence-corrected chi connectivity index (χ2v) is 5.89. The number of hydrogen-bond acceptors (Lipinski definition) is 3. The highest BCUT2D eigenvalue weighted by Crippen LogP contribution is 2.41.